The summed E-state index contributed by atoms with van der Waals surface area (Å²) in [6.07, 6.45) is 0. The van der Waals surface area contributed by atoms with Crippen molar-refractivity contribution in [3.63, 3.8) is 0 Å². The van der Waals surface area contributed by atoms with E-state index < -0.39 is 0 Å². The highest BCUT2D eigenvalue weighted by molar-refractivity contribution is 9.10. The lowest BCUT2D eigenvalue weighted by Gasteiger charge is -2.09. The van der Waals surface area contributed by atoms with Crippen molar-refractivity contribution in [2.45, 2.75) is 13.5 Å². The van der Waals surface area contributed by atoms with Crippen LogP contribution in [0.15, 0.2) is 28.2 Å². The molecule has 0 atom stereocenters. The minimum absolute atomic E-state index is 0.403. The van der Waals surface area contributed by atoms with E-state index in [9.17, 15) is 0 Å². The predicted molar refractivity (Wildman–Crippen MR) is 84.2 cm³/mol. The Morgan fingerprint density at radius 2 is 2.33 bits per heavy atom. The zero-order valence-corrected chi connectivity index (χ0v) is 13.0. The Morgan fingerprint density at radius 1 is 1.56 bits per heavy atom. The molecule has 0 saturated heterocycles. The number of benzene rings is 1. The number of halogens is 1. The van der Waals surface area contributed by atoms with Gasteiger partial charge in [0.2, 0.25) is 0 Å². The molecule has 1 aromatic carbocycles. The van der Waals surface area contributed by atoms with Crippen LogP contribution in [-0.4, -0.2) is 9.97 Å². The first kappa shape index (κ1) is 13.5. The van der Waals surface area contributed by atoms with Crippen molar-refractivity contribution >= 4 is 50.2 Å². The van der Waals surface area contributed by atoms with E-state index in [4.69, 9.17) is 18.0 Å². The van der Waals surface area contributed by atoms with Gasteiger partial charge >= 0.3 is 0 Å². The normalized spacial score (nSPS) is 10.3. The third-order valence-electron chi connectivity index (χ3n) is 2.54. The standard InChI is InChI=1S/C12H12BrN3S2/c1-7-11(18-6-16-7)5-15-10-3-2-8(12(14)17)4-9(10)13/h2-4,6,15H,5H2,1H3,(H2,14,17). The number of aromatic nitrogens is 1. The summed E-state index contributed by atoms with van der Waals surface area (Å²) >= 11 is 10.1. The zero-order chi connectivity index (χ0) is 13.1. The number of thiocarbonyl (C=S) groups is 1. The molecule has 3 N–H and O–H groups in total. The molecule has 2 aromatic rings. The van der Waals surface area contributed by atoms with Crippen molar-refractivity contribution in [2.24, 2.45) is 5.73 Å². The molecule has 0 aliphatic heterocycles. The summed E-state index contributed by atoms with van der Waals surface area (Å²) in [7, 11) is 0. The molecule has 1 heterocycles. The molecule has 1 aromatic heterocycles. The van der Waals surface area contributed by atoms with Crippen LogP contribution in [-0.2, 0) is 6.54 Å². The molecule has 0 unspecified atom stereocenters. The maximum Gasteiger partial charge on any atom is 0.104 e. The Bertz CT molecular complexity index is 580. The minimum Gasteiger partial charge on any atom is -0.389 e. The summed E-state index contributed by atoms with van der Waals surface area (Å²) in [5.41, 5.74) is 10.4. The number of rotatable bonds is 4. The van der Waals surface area contributed by atoms with Crippen LogP contribution in [0.25, 0.3) is 0 Å². The summed E-state index contributed by atoms with van der Waals surface area (Å²) in [4.78, 5) is 5.86. The Balaban J connectivity index is 2.11. The van der Waals surface area contributed by atoms with Crippen molar-refractivity contribution in [3.8, 4) is 0 Å². The second-order valence-electron chi connectivity index (χ2n) is 3.77. The number of hydrogen-bond donors (Lipinski definition) is 2. The Labute approximate surface area is 124 Å². The maximum absolute atomic E-state index is 5.59. The number of nitrogens with zero attached hydrogens (tertiary/aromatic N) is 1. The largest absolute Gasteiger partial charge is 0.389 e. The molecule has 0 bridgehead atoms. The lowest BCUT2D eigenvalue weighted by molar-refractivity contribution is 1.12. The predicted octanol–water partition coefficient (Wildman–Crippen LogP) is 3.46. The fourth-order valence-corrected chi connectivity index (χ4v) is 2.85. The van der Waals surface area contributed by atoms with Crippen LogP contribution in [0.5, 0.6) is 0 Å². The van der Waals surface area contributed by atoms with Crippen LogP contribution < -0.4 is 11.1 Å². The van der Waals surface area contributed by atoms with Gasteiger partial charge in [-0.2, -0.15) is 0 Å². The molecular weight excluding hydrogens is 330 g/mol. The molecule has 18 heavy (non-hydrogen) atoms. The number of nitrogens with one attached hydrogen (secondary N) is 1. The van der Waals surface area contributed by atoms with Crippen molar-refractivity contribution < 1.29 is 0 Å². The average molecular weight is 342 g/mol. The summed E-state index contributed by atoms with van der Waals surface area (Å²) in [6.45, 7) is 2.78. The van der Waals surface area contributed by atoms with Gasteiger partial charge in [-0.25, -0.2) is 4.98 Å². The van der Waals surface area contributed by atoms with Gasteiger partial charge in [0.25, 0.3) is 0 Å². The lowest BCUT2D eigenvalue weighted by Crippen LogP contribution is -2.09. The summed E-state index contributed by atoms with van der Waals surface area (Å²) in [5.74, 6) is 0. The number of anilines is 1. The van der Waals surface area contributed by atoms with Gasteiger partial charge in [-0.1, -0.05) is 12.2 Å². The molecule has 3 nitrogen and oxygen atoms in total. The van der Waals surface area contributed by atoms with Crippen LogP contribution >= 0.6 is 39.5 Å². The van der Waals surface area contributed by atoms with Crippen molar-refractivity contribution in [1.29, 1.82) is 0 Å². The van der Waals surface area contributed by atoms with Crippen molar-refractivity contribution in [3.05, 3.63) is 44.3 Å². The van der Waals surface area contributed by atoms with Crippen LogP contribution in [0.4, 0.5) is 5.69 Å². The number of thiazole rings is 1. The molecule has 2 rings (SSSR count). The number of hydrogen-bond acceptors (Lipinski definition) is 4. The fourth-order valence-electron chi connectivity index (χ4n) is 1.48. The number of nitrogens with two attached hydrogens (primary N) is 1. The fraction of sp³-hybridized carbons (Fsp3) is 0.167. The van der Waals surface area contributed by atoms with E-state index in [-0.39, 0.29) is 0 Å². The third-order valence-corrected chi connectivity index (χ3v) is 4.36. The molecule has 0 radical (unpaired) electrons. The summed E-state index contributed by atoms with van der Waals surface area (Å²) in [5, 5.41) is 3.36. The first-order valence-corrected chi connectivity index (χ1v) is 7.38. The van der Waals surface area contributed by atoms with E-state index in [1.807, 2.05) is 30.6 Å². The van der Waals surface area contributed by atoms with E-state index >= 15 is 0 Å². The van der Waals surface area contributed by atoms with Gasteiger partial charge < -0.3 is 11.1 Å². The van der Waals surface area contributed by atoms with E-state index in [1.54, 1.807) is 11.3 Å². The molecule has 0 amide bonds. The van der Waals surface area contributed by atoms with Crippen LogP contribution in [0.2, 0.25) is 0 Å². The number of aryl methyl sites for hydroxylation is 1. The maximum atomic E-state index is 5.59. The van der Waals surface area contributed by atoms with Gasteiger partial charge in [0.15, 0.2) is 0 Å². The first-order valence-electron chi connectivity index (χ1n) is 5.30. The SMILES string of the molecule is Cc1ncsc1CNc1ccc(C(N)=S)cc1Br. The highest BCUT2D eigenvalue weighted by Crippen LogP contribution is 2.25. The van der Waals surface area contributed by atoms with Crippen LogP contribution in [0.1, 0.15) is 16.1 Å². The Kier molecular flexibility index (Phi) is 4.31. The lowest BCUT2D eigenvalue weighted by atomic mass is 10.2. The molecule has 0 aliphatic carbocycles. The Hall–Kier alpha value is -0.980. The smallest absolute Gasteiger partial charge is 0.104 e. The first-order chi connectivity index (χ1) is 8.58. The summed E-state index contributed by atoms with van der Waals surface area (Å²) in [6, 6.07) is 5.80. The van der Waals surface area contributed by atoms with E-state index in [0.717, 1.165) is 28.0 Å². The highest BCUT2D eigenvalue weighted by atomic mass is 79.9. The molecule has 0 aliphatic rings. The highest BCUT2D eigenvalue weighted by Gasteiger charge is 2.05. The van der Waals surface area contributed by atoms with E-state index in [2.05, 4.69) is 26.2 Å². The molecule has 0 saturated carbocycles. The second kappa shape index (κ2) is 5.77. The molecular formula is C12H12BrN3S2. The van der Waals surface area contributed by atoms with Gasteiger partial charge in [0, 0.05) is 20.6 Å². The Morgan fingerprint density at radius 3 is 2.89 bits per heavy atom. The quantitative estimate of drug-likeness (QED) is 0.836. The monoisotopic (exact) mass is 341 g/mol. The van der Waals surface area contributed by atoms with Gasteiger partial charge in [-0.3, -0.25) is 0 Å². The van der Waals surface area contributed by atoms with Crippen LogP contribution in [0, 0.1) is 6.92 Å². The van der Waals surface area contributed by atoms with Gasteiger partial charge in [0.1, 0.15) is 4.99 Å². The van der Waals surface area contributed by atoms with Gasteiger partial charge in [0.05, 0.1) is 17.7 Å². The van der Waals surface area contributed by atoms with Crippen LogP contribution in [0.3, 0.4) is 0 Å². The summed E-state index contributed by atoms with van der Waals surface area (Å²) < 4.78 is 0.954. The van der Waals surface area contributed by atoms with Gasteiger partial charge in [-0.15, -0.1) is 11.3 Å². The average Bonchev–Trinajstić information content (AvgIpc) is 2.73. The van der Waals surface area contributed by atoms with Crippen molar-refractivity contribution in [2.75, 3.05) is 5.32 Å². The zero-order valence-electron chi connectivity index (χ0n) is 9.74. The second-order valence-corrected chi connectivity index (χ2v) is 6.01. The van der Waals surface area contributed by atoms with Gasteiger partial charge in [-0.05, 0) is 41.1 Å². The molecule has 0 fully saturated rings. The molecule has 0 spiro atoms. The molecule has 6 heteroatoms. The molecule has 94 valence electrons. The van der Waals surface area contributed by atoms with Crippen molar-refractivity contribution in [1.82, 2.24) is 4.98 Å². The van der Waals surface area contributed by atoms with E-state index in [1.165, 1.54) is 4.88 Å². The third kappa shape index (κ3) is 3.07. The minimum atomic E-state index is 0.403. The topological polar surface area (TPSA) is 50.9 Å². The van der Waals surface area contributed by atoms with E-state index in [0.29, 0.717) is 4.99 Å².